The van der Waals surface area contributed by atoms with E-state index in [1.807, 2.05) is 0 Å². The van der Waals surface area contributed by atoms with Crippen molar-refractivity contribution in [3.8, 4) is 5.75 Å². The Morgan fingerprint density at radius 2 is 1.13 bits per heavy atom. The lowest BCUT2D eigenvalue weighted by Crippen LogP contribution is -2.58. The van der Waals surface area contributed by atoms with Gasteiger partial charge in [-0.1, -0.05) is 26.0 Å². The second kappa shape index (κ2) is 27.5. The predicted molar refractivity (Wildman–Crippen MR) is 221 cm³/mol. The van der Waals surface area contributed by atoms with Gasteiger partial charge < -0.3 is 69.7 Å². The molecule has 0 unspecified atom stereocenters. The number of phenolic OH excluding ortho intramolecular Hbond substituents is 1. The van der Waals surface area contributed by atoms with E-state index in [4.69, 9.17) is 17.2 Å². The van der Waals surface area contributed by atoms with Crippen LogP contribution < -0.4 is 54.4 Å². The Kier molecular flexibility index (Phi) is 23.8. The molecule has 8 amide bonds. The monoisotopic (exact) mass is 878 g/mol. The molecule has 1 aromatic rings. The zero-order chi connectivity index (χ0) is 47.1. The second-order valence-electron chi connectivity index (χ2n) is 15.1. The number of carboxylic acid groups (broad SMARTS) is 2. The third kappa shape index (κ3) is 21.2. The van der Waals surface area contributed by atoms with Crippen LogP contribution in [-0.2, 0) is 54.4 Å². The molecule has 0 saturated carbocycles. The number of hydrogen-bond donors (Lipinski definition) is 13. The van der Waals surface area contributed by atoms with Crippen molar-refractivity contribution >= 4 is 59.2 Å². The summed E-state index contributed by atoms with van der Waals surface area (Å²) in [5.41, 5.74) is 17.4. The van der Waals surface area contributed by atoms with Crippen LogP contribution in [0.4, 0.5) is 0 Å². The van der Waals surface area contributed by atoms with Gasteiger partial charge in [-0.2, -0.15) is 0 Å². The maximum absolute atomic E-state index is 13.5. The lowest BCUT2D eigenvalue weighted by atomic mass is 10.0. The van der Waals surface area contributed by atoms with E-state index in [0.29, 0.717) is 24.9 Å². The highest BCUT2D eigenvalue weighted by atomic mass is 16.4. The molecule has 23 heteroatoms. The minimum Gasteiger partial charge on any atom is -0.508 e. The smallest absolute Gasteiger partial charge is 0.326 e. The number of primary amides is 1. The molecule has 0 spiro atoms. The molecular formula is C39H62N10O13. The van der Waals surface area contributed by atoms with E-state index >= 15 is 0 Å². The zero-order valence-corrected chi connectivity index (χ0v) is 35.4. The Morgan fingerprint density at radius 1 is 0.613 bits per heavy atom. The van der Waals surface area contributed by atoms with Crippen molar-refractivity contribution in [3.05, 3.63) is 29.8 Å². The maximum atomic E-state index is 13.5. The Morgan fingerprint density at radius 3 is 1.68 bits per heavy atom. The third-order valence-electron chi connectivity index (χ3n) is 9.17. The van der Waals surface area contributed by atoms with Crippen LogP contribution in [0.15, 0.2) is 24.3 Å². The second-order valence-corrected chi connectivity index (χ2v) is 15.1. The van der Waals surface area contributed by atoms with Crippen LogP contribution in [0.25, 0.3) is 0 Å². The van der Waals surface area contributed by atoms with Crippen LogP contribution in [0.2, 0.25) is 0 Å². The molecule has 0 aliphatic carbocycles. The molecule has 16 N–H and O–H groups in total. The topological polar surface area (TPSA) is 394 Å². The van der Waals surface area contributed by atoms with Gasteiger partial charge in [-0.25, -0.2) is 4.79 Å². The number of rotatable bonds is 29. The van der Waals surface area contributed by atoms with Gasteiger partial charge in [-0.05, 0) is 89.0 Å². The van der Waals surface area contributed by atoms with Gasteiger partial charge in [-0.15, -0.1) is 0 Å². The number of hydrogen-bond acceptors (Lipinski definition) is 13. The fraction of sp³-hybridized carbons (Fsp3) is 0.590. The van der Waals surface area contributed by atoms with Crippen molar-refractivity contribution < 1.29 is 63.3 Å². The zero-order valence-electron chi connectivity index (χ0n) is 35.4. The number of phenols is 1. The summed E-state index contributed by atoms with van der Waals surface area (Å²) in [5.74, 6) is -9.63. The molecule has 23 nitrogen and oxygen atoms in total. The van der Waals surface area contributed by atoms with E-state index in [1.165, 1.54) is 26.0 Å². The number of nitrogens with two attached hydrogens (primary N) is 3. The van der Waals surface area contributed by atoms with Crippen molar-refractivity contribution in [3.63, 3.8) is 0 Å². The van der Waals surface area contributed by atoms with Gasteiger partial charge in [0.15, 0.2) is 0 Å². The number of nitrogens with one attached hydrogen (secondary N) is 7. The molecule has 0 saturated heterocycles. The van der Waals surface area contributed by atoms with Gasteiger partial charge >= 0.3 is 11.9 Å². The Bertz CT molecular complexity index is 1730. The number of aliphatic carboxylic acids is 2. The first-order chi connectivity index (χ1) is 29.0. The molecule has 0 aromatic heterocycles. The summed E-state index contributed by atoms with van der Waals surface area (Å²) in [5, 5.41) is 44.9. The normalized spacial score (nSPS) is 14.3. The van der Waals surface area contributed by atoms with E-state index in [2.05, 4.69) is 37.2 Å². The summed E-state index contributed by atoms with van der Waals surface area (Å²) in [6.07, 6.45) is -0.472. The highest BCUT2D eigenvalue weighted by Crippen LogP contribution is 2.12. The summed E-state index contributed by atoms with van der Waals surface area (Å²) >= 11 is 0. The number of amides is 8. The van der Waals surface area contributed by atoms with Crippen LogP contribution in [0.1, 0.15) is 84.6 Å². The fourth-order valence-electron chi connectivity index (χ4n) is 5.69. The van der Waals surface area contributed by atoms with Crippen LogP contribution in [0, 0.1) is 5.92 Å². The molecule has 346 valence electrons. The van der Waals surface area contributed by atoms with Crippen LogP contribution in [-0.4, -0.2) is 130 Å². The van der Waals surface area contributed by atoms with Gasteiger partial charge in [-0.3, -0.25) is 43.2 Å². The number of unbranched alkanes of at least 4 members (excludes halogenated alkanes) is 1. The molecule has 0 heterocycles. The number of carboxylic acids is 2. The summed E-state index contributed by atoms with van der Waals surface area (Å²) in [4.78, 5) is 126. The minimum absolute atomic E-state index is 0.0193. The fourth-order valence-corrected chi connectivity index (χ4v) is 5.69. The molecule has 0 aliphatic heterocycles. The first-order valence-electron chi connectivity index (χ1n) is 20.1. The summed E-state index contributed by atoms with van der Waals surface area (Å²) in [7, 11) is 0. The van der Waals surface area contributed by atoms with Crippen molar-refractivity contribution in [1.82, 2.24) is 37.2 Å². The number of benzene rings is 1. The van der Waals surface area contributed by atoms with Gasteiger partial charge in [0.05, 0.1) is 12.6 Å². The molecule has 0 aliphatic rings. The lowest BCUT2D eigenvalue weighted by molar-refractivity contribution is -0.142. The molecule has 1 rings (SSSR count). The largest absolute Gasteiger partial charge is 0.508 e. The van der Waals surface area contributed by atoms with E-state index in [-0.39, 0.29) is 37.4 Å². The lowest BCUT2D eigenvalue weighted by Gasteiger charge is -2.25. The van der Waals surface area contributed by atoms with Crippen molar-refractivity contribution in [2.24, 2.45) is 23.1 Å². The molecule has 0 bridgehead atoms. The number of aromatic hydroxyl groups is 1. The highest BCUT2D eigenvalue weighted by Gasteiger charge is 2.31. The molecule has 0 fully saturated rings. The average molecular weight is 879 g/mol. The Balaban J connectivity index is 2.98. The average Bonchev–Trinajstić information content (AvgIpc) is 3.19. The van der Waals surface area contributed by atoms with Gasteiger partial charge in [0.1, 0.15) is 42.0 Å². The summed E-state index contributed by atoms with van der Waals surface area (Å²) in [6, 6.07) is -3.05. The molecule has 0 radical (unpaired) electrons. The van der Waals surface area contributed by atoms with Gasteiger partial charge in [0, 0.05) is 12.8 Å². The molecule has 7 atom stereocenters. The van der Waals surface area contributed by atoms with Crippen molar-refractivity contribution in [2.45, 2.75) is 128 Å². The van der Waals surface area contributed by atoms with Gasteiger partial charge in [0.25, 0.3) is 0 Å². The molecular weight excluding hydrogens is 816 g/mol. The quantitative estimate of drug-likeness (QED) is 0.0351. The highest BCUT2D eigenvalue weighted by molar-refractivity contribution is 5.97. The minimum atomic E-state index is -1.51. The first-order valence-corrected chi connectivity index (χ1v) is 20.1. The summed E-state index contributed by atoms with van der Waals surface area (Å²) in [6.45, 7) is 5.64. The van der Waals surface area contributed by atoms with Crippen LogP contribution in [0.5, 0.6) is 5.75 Å². The maximum Gasteiger partial charge on any atom is 0.326 e. The van der Waals surface area contributed by atoms with Crippen LogP contribution >= 0.6 is 0 Å². The van der Waals surface area contributed by atoms with Crippen molar-refractivity contribution in [2.75, 3.05) is 13.1 Å². The molecule has 1 aromatic carbocycles. The van der Waals surface area contributed by atoms with Gasteiger partial charge in [0.2, 0.25) is 47.3 Å². The van der Waals surface area contributed by atoms with E-state index in [9.17, 15) is 63.3 Å². The number of carbonyl (C=O) groups excluding carboxylic acids is 8. The standard InChI is InChI=1S/C39H62N10O13/c1-20(2)17-29(49-35(57)25(41)18-23-8-10-24(50)11-9-23)38(60)47-26(13-15-32(53)54)36(58)43-19-31(52)46-27(12-14-30(42)51)37(59)45-21(3)33(55)44-22(4)34(56)48-28(39(61)62)7-5-6-16-40/h8-11,20-22,25-29,50H,5-7,12-19,40-41H2,1-4H3,(H2,42,51)(H,43,58)(H,44,55)(H,45,59)(H,46,52)(H,47,60)(H,48,56)(H,49,57)(H,53,54)(H,61,62)/t21-,22-,25-,26-,27-,28-,29-/m0/s1. The predicted octanol–water partition coefficient (Wildman–Crippen LogP) is -3.28. The van der Waals surface area contributed by atoms with E-state index in [1.54, 1.807) is 26.0 Å². The summed E-state index contributed by atoms with van der Waals surface area (Å²) < 4.78 is 0. The van der Waals surface area contributed by atoms with Crippen molar-refractivity contribution in [1.29, 1.82) is 0 Å². The molecule has 62 heavy (non-hydrogen) atoms. The Hall–Kier alpha value is -6.36. The van der Waals surface area contributed by atoms with E-state index in [0.717, 1.165) is 0 Å². The SMILES string of the molecule is CC(C)C[C@H](NC(=O)[C@@H](N)Cc1ccc(O)cc1)C(=O)N[C@@H](CCC(=O)O)C(=O)NCC(=O)N[C@@H](CCC(N)=O)C(=O)N[C@@H](C)C(=O)N[C@@H](C)C(=O)N[C@@H](CCCCN)C(=O)O. The Labute approximate surface area is 358 Å². The third-order valence-corrected chi connectivity index (χ3v) is 9.17. The number of carbonyl (C=O) groups is 10. The van der Waals surface area contributed by atoms with Crippen LogP contribution in [0.3, 0.4) is 0 Å². The first kappa shape index (κ1) is 53.7. The van der Waals surface area contributed by atoms with E-state index < -0.39 is 127 Å².